The molecule has 1 aliphatic carbocycles. The monoisotopic (exact) mass is 391 g/mol. The summed E-state index contributed by atoms with van der Waals surface area (Å²) in [7, 11) is 0. The third kappa shape index (κ3) is 3.47. The SMILES string of the molecule is Cc1ccc(Cc2nnc([C@@H]3CC[C@H](Nc4ncnc5[nH]ncc45)C3)s2)cc1. The molecule has 1 saturated carbocycles. The van der Waals surface area contributed by atoms with Gasteiger partial charge in [0.1, 0.15) is 22.2 Å². The Morgan fingerprint density at radius 3 is 2.93 bits per heavy atom. The lowest BCUT2D eigenvalue weighted by molar-refractivity contribution is 0.686. The second kappa shape index (κ2) is 7.27. The summed E-state index contributed by atoms with van der Waals surface area (Å²) in [5.41, 5.74) is 3.33. The van der Waals surface area contributed by atoms with Gasteiger partial charge in [0.05, 0.1) is 11.6 Å². The molecule has 3 heterocycles. The Morgan fingerprint density at radius 1 is 1.14 bits per heavy atom. The smallest absolute Gasteiger partial charge is 0.160 e. The van der Waals surface area contributed by atoms with Gasteiger partial charge in [0.15, 0.2) is 5.65 Å². The standard InChI is InChI=1S/C20H21N7S/c1-12-2-4-13(5-3-12)8-17-25-27-20(28-17)14-6-7-15(9-14)24-18-16-10-23-26-19(16)22-11-21-18/h2-5,10-11,14-15H,6-9H2,1H3,(H2,21,22,23,24,26)/t14-,15+/m1/s1. The highest BCUT2D eigenvalue weighted by atomic mass is 32.1. The normalized spacial score (nSPS) is 19.3. The van der Waals surface area contributed by atoms with Gasteiger partial charge in [-0.25, -0.2) is 9.97 Å². The zero-order valence-electron chi connectivity index (χ0n) is 15.6. The molecule has 1 aliphatic rings. The zero-order chi connectivity index (χ0) is 18.9. The molecule has 5 rings (SSSR count). The maximum atomic E-state index is 4.50. The van der Waals surface area contributed by atoms with Crippen molar-refractivity contribution in [1.82, 2.24) is 30.4 Å². The molecular weight excluding hydrogens is 370 g/mol. The molecule has 0 bridgehead atoms. The Labute approximate surface area is 166 Å². The van der Waals surface area contributed by atoms with Crippen molar-refractivity contribution in [2.24, 2.45) is 0 Å². The first-order valence-electron chi connectivity index (χ1n) is 9.53. The number of H-pyrrole nitrogens is 1. The van der Waals surface area contributed by atoms with Crippen LogP contribution in [0.2, 0.25) is 0 Å². The third-order valence-electron chi connectivity index (χ3n) is 5.33. The van der Waals surface area contributed by atoms with Gasteiger partial charge >= 0.3 is 0 Å². The molecule has 0 spiro atoms. The summed E-state index contributed by atoms with van der Waals surface area (Å²) in [6.45, 7) is 2.11. The summed E-state index contributed by atoms with van der Waals surface area (Å²) in [6, 6.07) is 9.01. The molecule has 8 heteroatoms. The molecule has 7 nitrogen and oxygen atoms in total. The molecule has 142 valence electrons. The summed E-state index contributed by atoms with van der Waals surface area (Å²) in [5.74, 6) is 1.31. The summed E-state index contributed by atoms with van der Waals surface area (Å²) in [6.07, 6.45) is 7.45. The number of nitrogens with one attached hydrogen (secondary N) is 2. The molecule has 4 aromatic rings. The molecule has 2 atom stereocenters. The summed E-state index contributed by atoms with van der Waals surface area (Å²) < 4.78 is 0. The van der Waals surface area contributed by atoms with Gasteiger partial charge in [-0.1, -0.05) is 29.8 Å². The third-order valence-corrected chi connectivity index (χ3v) is 6.41. The summed E-state index contributed by atoms with van der Waals surface area (Å²) in [5, 5.41) is 22.6. The first kappa shape index (κ1) is 17.2. The van der Waals surface area contributed by atoms with Crippen LogP contribution in [-0.4, -0.2) is 36.4 Å². The van der Waals surface area contributed by atoms with Crippen LogP contribution in [0.1, 0.15) is 46.3 Å². The van der Waals surface area contributed by atoms with Gasteiger partial charge in [0, 0.05) is 18.4 Å². The van der Waals surface area contributed by atoms with Gasteiger partial charge in [-0.2, -0.15) is 5.10 Å². The number of benzene rings is 1. The molecule has 2 N–H and O–H groups in total. The second-order valence-corrected chi connectivity index (χ2v) is 8.50. The molecule has 3 aromatic heterocycles. The number of fused-ring (bicyclic) bond motifs is 1. The highest BCUT2D eigenvalue weighted by Crippen LogP contribution is 2.37. The van der Waals surface area contributed by atoms with Crippen molar-refractivity contribution in [2.75, 3.05) is 5.32 Å². The fourth-order valence-corrected chi connectivity index (χ4v) is 4.82. The number of aryl methyl sites for hydroxylation is 1. The van der Waals surface area contributed by atoms with Crippen molar-refractivity contribution in [2.45, 2.75) is 44.6 Å². The number of hydrogen-bond donors (Lipinski definition) is 2. The van der Waals surface area contributed by atoms with Gasteiger partial charge in [-0.15, -0.1) is 21.5 Å². The maximum absolute atomic E-state index is 4.50. The van der Waals surface area contributed by atoms with Crippen molar-refractivity contribution < 1.29 is 0 Å². The lowest BCUT2D eigenvalue weighted by atomic mass is 10.1. The molecular formula is C20H21N7S. The average Bonchev–Trinajstić information content (AvgIpc) is 3.44. The predicted octanol–water partition coefficient (Wildman–Crippen LogP) is 3.85. The van der Waals surface area contributed by atoms with Crippen molar-refractivity contribution in [3.05, 3.63) is 57.9 Å². The number of hydrogen-bond acceptors (Lipinski definition) is 7. The van der Waals surface area contributed by atoms with Crippen LogP contribution in [0.5, 0.6) is 0 Å². The molecule has 1 fully saturated rings. The first-order valence-corrected chi connectivity index (χ1v) is 10.3. The number of anilines is 1. The average molecular weight is 392 g/mol. The summed E-state index contributed by atoms with van der Waals surface area (Å²) >= 11 is 1.75. The van der Waals surface area contributed by atoms with Crippen molar-refractivity contribution >= 4 is 28.2 Å². The van der Waals surface area contributed by atoms with E-state index in [1.54, 1.807) is 23.9 Å². The number of aromatic amines is 1. The van der Waals surface area contributed by atoms with Gasteiger partial charge in [0.2, 0.25) is 0 Å². The van der Waals surface area contributed by atoms with Crippen LogP contribution in [0, 0.1) is 6.92 Å². The van der Waals surface area contributed by atoms with E-state index in [1.165, 1.54) is 11.1 Å². The van der Waals surface area contributed by atoms with Crippen molar-refractivity contribution in [3.8, 4) is 0 Å². The van der Waals surface area contributed by atoms with Crippen molar-refractivity contribution in [3.63, 3.8) is 0 Å². The molecule has 0 radical (unpaired) electrons. The lowest BCUT2D eigenvalue weighted by Crippen LogP contribution is -2.16. The van der Waals surface area contributed by atoms with E-state index >= 15 is 0 Å². The van der Waals surface area contributed by atoms with E-state index in [2.05, 4.69) is 66.9 Å². The Balaban J connectivity index is 1.24. The highest BCUT2D eigenvalue weighted by molar-refractivity contribution is 7.11. The second-order valence-electron chi connectivity index (χ2n) is 7.40. The van der Waals surface area contributed by atoms with E-state index < -0.39 is 0 Å². The molecule has 0 saturated heterocycles. The van der Waals surface area contributed by atoms with E-state index in [9.17, 15) is 0 Å². The fraction of sp³-hybridized carbons (Fsp3) is 0.350. The van der Waals surface area contributed by atoms with E-state index in [4.69, 9.17) is 0 Å². The Kier molecular flexibility index (Phi) is 4.48. The van der Waals surface area contributed by atoms with Crippen LogP contribution in [-0.2, 0) is 6.42 Å². The van der Waals surface area contributed by atoms with E-state index in [1.807, 2.05) is 0 Å². The van der Waals surface area contributed by atoms with Gasteiger partial charge in [-0.3, -0.25) is 5.10 Å². The lowest BCUT2D eigenvalue weighted by Gasteiger charge is -2.13. The predicted molar refractivity (Wildman–Crippen MR) is 110 cm³/mol. The minimum absolute atomic E-state index is 0.377. The molecule has 1 aromatic carbocycles. The Morgan fingerprint density at radius 2 is 2.04 bits per heavy atom. The Hall–Kier alpha value is -2.87. The molecule has 0 aliphatic heterocycles. The number of aromatic nitrogens is 6. The van der Waals surface area contributed by atoms with Gasteiger partial charge in [0.25, 0.3) is 0 Å². The number of nitrogens with zero attached hydrogens (tertiary/aromatic N) is 5. The van der Waals surface area contributed by atoms with Crippen molar-refractivity contribution in [1.29, 1.82) is 0 Å². The highest BCUT2D eigenvalue weighted by Gasteiger charge is 2.29. The topological polar surface area (TPSA) is 92.3 Å². The minimum Gasteiger partial charge on any atom is -0.367 e. The van der Waals surface area contributed by atoms with Crippen LogP contribution < -0.4 is 5.32 Å². The van der Waals surface area contributed by atoms with Crippen LogP contribution in [0.15, 0.2) is 36.8 Å². The molecule has 0 amide bonds. The Bertz CT molecular complexity index is 1090. The van der Waals surface area contributed by atoms with Crippen LogP contribution >= 0.6 is 11.3 Å². The first-order chi connectivity index (χ1) is 13.7. The quantitative estimate of drug-likeness (QED) is 0.537. The largest absolute Gasteiger partial charge is 0.367 e. The van der Waals surface area contributed by atoms with Crippen LogP contribution in [0.3, 0.4) is 0 Å². The molecule has 28 heavy (non-hydrogen) atoms. The van der Waals surface area contributed by atoms with Gasteiger partial charge < -0.3 is 5.32 Å². The van der Waals surface area contributed by atoms with E-state index in [0.29, 0.717) is 12.0 Å². The minimum atomic E-state index is 0.377. The summed E-state index contributed by atoms with van der Waals surface area (Å²) in [4.78, 5) is 8.58. The fourth-order valence-electron chi connectivity index (χ4n) is 3.79. The van der Waals surface area contributed by atoms with Crippen LogP contribution in [0.4, 0.5) is 5.82 Å². The zero-order valence-corrected chi connectivity index (χ0v) is 16.4. The molecule has 0 unspecified atom stereocenters. The van der Waals surface area contributed by atoms with E-state index in [0.717, 1.165) is 52.5 Å². The maximum Gasteiger partial charge on any atom is 0.160 e. The van der Waals surface area contributed by atoms with Gasteiger partial charge in [-0.05, 0) is 31.7 Å². The van der Waals surface area contributed by atoms with Crippen LogP contribution in [0.25, 0.3) is 11.0 Å². The number of rotatable bonds is 5. The van der Waals surface area contributed by atoms with E-state index in [-0.39, 0.29) is 0 Å².